The highest BCUT2D eigenvalue weighted by Gasteiger charge is 2.15. The monoisotopic (exact) mass is 386 g/mol. The summed E-state index contributed by atoms with van der Waals surface area (Å²) in [7, 11) is 0. The number of unbranched alkanes of at least 4 members (excludes halogenated alkanes) is 1. The van der Waals surface area contributed by atoms with Crippen molar-refractivity contribution in [3.05, 3.63) is 53.8 Å². The van der Waals surface area contributed by atoms with Crippen LogP contribution in [-0.4, -0.2) is 31.6 Å². The summed E-state index contributed by atoms with van der Waals surface area (Å²) in [5, 5.41) is 5.61. The van der Waals surface area contributed by atoms with Gasteiger partial charge in [0, 0.05) is 18.7 Å². The number of hydrogen-bond acceptors (Lipinski definition) is 4. The quantitative estimate of drug-likeness (QED) is 0.650. The van der Waals surface area contributed by atoms with Gasteiger partial charge in [-0.25, -0.2) is 4.39 Å². The molecule has 0 unspecified atom stereocenters. The van der Waals surface area contributed by atoms with Crippen molar-refractivity contribution in [1.29, 1.82) is 0 Å². The van der Waals surface area contributed by atoms with E-state index in [2.05, 4.69) is 10.6 Å². The van der Waals surface area contributed by atoms with Crippen LogP contribution < -0.4 is 20.1 Å². The average Bonchev–Trinajstić information content (AvgIpc) is 2.70. The fraction of sp³-hybridized carbons (Fsp3) is 0.333. The van der Waals surface area contributed by atoms with Crippen molar-refractivity contribution < 1.29 is 23.5 Å². The Morgan fingerprint density at radius 1 is 1.04 bits per heavy atom. The zero-order valence-electron chi connectivity index (χ0n) is 15.5. The van der Waals surface area contributed by atoms with Crippen molar-refractivity contribution in [2.75, 3.05) is 25.1 Å². The van der Waals surface area contributed by atoms with E-state index in [4.69, 9.17) is 9.47 Å². The normalized spacial score (nSPS) is 12.7. The molecular formula is C21H23FN2O4. The summed E-state index contributed by atoms with van der Waals surface area (Å²) in [4.78, 5) is 23.2. The second kappa shape index (κ2) is 9.73. The number of ether oxygens (including phenoxy) is 2. The zero-order valence-corrected chi connectivity index (χ0v) is 15.5. The number of benzene rings is 2. The standard InChI is InChI=1S/C21H23FN2O4/c22-16-4-6-17(7-5-16)27-12-2-1-11-23-21(26)14-28-18-8-9-19-15(13-18)3-10-20(25)24-19/h4-9,13H,1-3,10-12,14H2,(H,23,26)(H,24,25). The third-order valence-electron chi connectivity index (χ3n) is 4.32. The van der Waals surface area contributed by atoms with E-state index in [0.717, 1.165) is 24.1 Å². The van der Waals surface area contributed by atoms with Crippen LogP contribution in [0.1, 0.15) is 24.8 Å². The molecule has 0 spiro atoms. The SMILES string of the molecule is O=C(COc1ccc2c(c1)CCC(=O)N2)NCCCCOc1ccc(F)cc1. The molecule has 7 heteroatoms. The minimum absolute atomic E-state index is 0.0172. The number of nitrogens with one attached hydrogen (secondary N) is 2. The molecule has 2 aromatic rings. The summed E-state index contributed by atoms with van der Waals surface area (Å²) in [5.74, 6) is 0.773. The molecule has 0 radical (unpaired) electrons. The van der Waals surface area contributed by atoms with Crippen molar-refractivity contribution in [1.82, 2.24) is 5.32 Å². The molecule has 0 saturated heterocycles. The number of anilines is 1. The topological polar surface area (TPSA) is 76.7 Å². The van der Waals surface area contributed by atoms with Crippen molar-refractivity contribution in [2.24, 2.45) is 0 Å². The maximum absolute atomic E-state index is 12.8. The molecule has 0 saturated carbocycles. The molecule has 0 atom stereocenters. The first-order valence-electron chi connectivity index (χ1n) is 9.31. The summed E-state index contributed by atoms with van der Waals surface area (Å²) in [6, 6.07) is 11.3. The number of hydrogen-bond donors (Lipinski definition) is 2. The second-order valence-corrected chi connectivity index (χ2v) is 6.52. The highest BCUT2D eigenvalue weighted by Crippen LogP contribution is 2.26. The Morgan fingerprint density at radius 3 is 2.64 bits per heavy atom. The van der Waals surface area contributed by atoms with Gasteiger partial charge in [-0.1, -0.05) is 0 Å². The fourth-order valence-electron chi connectivity index (χ4n) is 2.83. The molecule has 0 bridgehead atoms. The predicted molar refractivity (Wildman–Crippen MR) is 103 cm³/mol. The van der Waals surface area contributed by atoms with E-state index in [1.165, 1.54) is 12.1 Å². The third-order valence-corrected chi connectivity index (χ3v) is 4.32. The van der Waals surface area contributed by atoms with E-state index in [1.807, 2.05) is 6.07 Å². The Morgan fingerprint density at radius 2 is 1.82 bits per heavy atom. The molecule has 1 aliphatic rings. The number of aryl methyl sites for hydroxylation is 1. The number of carbonyl (C=O) groups excluding carboxylic acids is 2. The summed E-state index contributed by atoms with van der Waals surface area (Å²) in [5.41, 5.74) is 1.81. The number of halogens is 1. The number of amides is 2. The highest BCUT2D eigenvalue weighted by atomic mass is 19.1. The molecular weight excluding hydrogens is 363 g/mol. The summed E-state index contributed by atoms with van der Waals surface area (Å²) in [6.45, 7) is 0.978. The molecule has 2 amide bonds. The van der Waals surface area contributed by atoms with E-state index >= 15 is 0 Å². The Kier molecular flexibility index (Phi) is 6.84. The lowest BCUT2D eigenvalue weighted by atomic mass is 10.0. The largest absolute Gasteiger partial charge is 0.494 e. The van der Waals surface area contributed by atoms with Crippen LogP contribution >= 0.6 is 0 Å². The molecule has 3 rings (SSSR count). The van der Waals surface area contributed by atoms with Gasteiger partial charge in [0.25, 0.3) is 5.91 Å². The molecule has 1 heterocycles. The first-order valence-corrected chi connectivity index (χ1v) is 9.31. The van der Waals surface area contributed by atoms with Gasteiger partial charge in [-0.2, -0.15) is 0 Å². The zero-order chi connectivity index (χ0) is 19.8. The van der Waals surface area contributed by atoms with E-state index in [-0.39, 0.29) is 24.2 Å². The van der Waals surface area contributed by atoms with Crippen LogP contribution in [0.3, 0.4) is 0 Å². The molecule has 148 valence electrons. The van der Waals surface area contributed by atoms with Gasteiger partial charge in [-0.05, 0) is 67.3 Å². The van der Waals surface area contributed by atoms with Crippen LogP contribution in [-0.2, 0) is 16.0 Å². The van der Waals surface area contributed by atoms with Crippen LogP contribution in [0.15, 0.2) is 42.5 Å². The number of carbonyl (C=O) groups is 2. The van der Waals surface area contributed by atoms with Crippen LogP contribution in [0.2, 0.25) is 0 Å². The van der Waals surface area contributed by atoms with E-state index in [9.17, 15) is 14.0 Å². The van der Waals surface area contributed by atoms with Gasteiger partial charge in [0.1, 0.15) is 17.3 Å². The fourth-order valence-corrected chi connectivity index (χ4v) is 2.83. The Hall–Kier alpha value is -3.09. The lowest BCUT2D eigenvalue weighted by Gasteiger charge is -2.17. The van der Waals surface area contributed by atoms with Gasteiger partial charge in [0.05, 0.1) is 6.61 Å². The van der Waals surface area contributed by atoms with Crippen molar-refractivity contribution in [2.45, 2.75) is 25.7 Å². The molecule has 0 fully saturated rings. The number of fused-ring (bicyclic) bond motifs is 1. The Labute approximate surface area is 163 Å². The van der Waals surface area contributed by atoms with Crippen LogP contribution in [0.4, 0.5) is 10.1 Å². The van der Waals surface area contributed by atoms with Gasteiger partial charge in [0.15, 0.2) is 6.61 Å². The highest BCUT2D eigenvalue weighted by molar-refractivity contribution is 5.94. The summed E-state index contributed by atoms with van der Waals surface area (Å²) >= 11 is 0. The van der Waals surface area contributed by atoms with Gasteiger partial charge in [-0.3, -0.25) is 9.59 Å². The van der Waals surface area contributed by atoms with Crippen LogP contribution in [0.5, 0.6) is 11.5 Å². The van der Waals surface area contributed by atoms with Crippen molar-refractivity contribution in [3.63, 3.8) is 0 Å². The molecule has 1 aliphatic heterocycles. The van der Waals surface area contributed by atoms with Crippen molar-refractivity contribution in [3.8, 4) is 11.5 Å². The van der Waals surface area contributed by atoms with Gasteiger partial charge >= 0.3 is 0 Å². The smallest absolute Gasteiger partial charge is 0.257 e. The van der Waals surface area contributed by atoms with Crippen LogP contribution in [0.25, 0.3) is 0 Å². The third kappa shape index (κ3) is 5.97. The lowest BCUT2D eigenvalue weighted by Crippen LogP contribution is -2.30. The number of rotatable bonds is 9. The molecule has 6 nitrogen and oxygen atoms in total. The van der Waals surface area contributed by atoms with E-state index in [0.29, 0.717) is 37.5 Å². The molecule has 28 heavy (non-hydrogen) atoms. The summed E-state index contributed by atoms with van der Waals surface area (Å²) < 4.78 is 23.8. The first-order chi connectivity index (χ1) is 13.6. The minimum atomic E-state index is -0.292. The molecule has 0 aliphatic carbocycles. The first kappa shape index (κ1) is 19.7. The van der Waals surface area contributed by atoms with Crippen molar-refractivity contribution >= 4 is 17.5 Å². The van der Waals surface area contributed by atoms with E-state index in [1.54, 1.807) is 24.3 Å². The van der Waals surface area contributed by atoms with Crippen LogP contribution in [0, 0.1) is 5.82 Å². The maximum Gasteiger partial charge on any atom is 0.257 e. The lowest BCUT2D eigenvalue weighted by molar-refractivity contribution is -0.123. The van der Waals surface area contributed by atoms with Gasteiger partial charge < -0.3 is 20.1 Å². The molecule has 2 aromatic carbocycles. The van der Waals surface area contributed by atoms with Gasteiger partial charge in [0.2, 0.25) is 5.91 Å². The molecule has 2 N–H and O–H groups in total. The molecule has 0 aromatic heterocycles. The second-order valence-electron chi connectivity index (χ2n) is 6.52. The predicted octanol–water partition coefficient (Wildman–Crippen LogP) is 3.06. The Bertz CT molecular complexity index is 824. The summed E-state index contributed by atoms with van der Waals surface area (Å²) in [6.07, 6.45) is 2.67. The minimum Gasteiger partial charge on any atom is -0.494 e. The van der Waals surface area contributed by atoms with E-state index < -0.39 is 0 Å². The average molecular weight is 386 g/mol. The Balaban J connectivity index is 1.28. The maximum atomic E-state index is 12.8. The van der Waals surface area contributed by atoms with Gasteiger partial charge in [-0.15, -0.1) is 0 Å².